The molecule has 3 nitrogen and oxygen atoms in total. The van der Waals surface area contributed by atoms with Crippen LogP contribution in [0, 0.1) is 0 Å². The van der Waals surface area contributed by atoms with E-state index < -0.39 is 0 Å². The Balaban J connectivity index is 2.27. The van der Waals surface area contributed by atoms with Gasteiger partial charge < -0.3 is 5.32 Å². The maximum absolute atomic E-state index is 12.1. The summed E-state index contributed by atoms with van der Waals surface area (Å²) in [4.78, 5) is 13.9. The summed E-state index contributed by atoms with van der Waals surface area (Å²) < 4.78 is 0. The fourth-order valence-electron chi connectivity index (χ4n) is 2.28. The van der Waals surface area contributed by atoms with E-state index in [1.165, 1.54) is 5.56 Å². The van der Waals surface area contributed by atoms with Crippen molar-refractivity contribution in [3.8, 4) is 0 Å². The number of rotatable bonds is 1. The van der Waals surface area contributed by atoms with Crippen molar-refractivity contribution in [1.29, 1.82) is 0 Å². The van der Waals surface area contributed by atoms with E-state index in [1.54, 1.807) is 0 Å². The first-order valence-corrected chi connectivity index (χ1v) is 6.26. The summed E-state index contributed by atoms with van der Waals surface area (Å²) >= 11 is 0. The molecule has 1 unspecified atom stereocenters. The molecule has 0 fully saturated rings. The van der Waals surface area contributed by atoms with Gasteiger partial charge >= 0.3 is 6.03 Å². The molecular formula is C14H20N2O. The Morgan fingerprint density at radius 1 is 1.41 bits per heavy atom. The van der Waals surface area contributed by atoms with E-state index in [9.17, 15) is 4.79 Å². The van der Waals surface area contributed by atoms with Crippen molar-refractivity contribution in [3.63, 3.8) is 0 Å². The second-order valence-corrected chi connectivity index (χ2v) is 5.00. The van der Waals surface area contributed by atoms with E-state index in [0.717, 1.165) is 18.7 Å². The van der Waals surface area contributed by atoms with Crippen molar-refractivity contribution in [2.75, 3.05) is 11.4 Å². The molecule has 1 N–H and O–H groups in total. The van der Waals surface area contributed by atoms with Crippen molar-refractivity contribution in [2.24, 2.45) is 0 Å². The minimum atomic E-state index is 0.0133. The fraction of sp³-hybridized carbons (Fsp3) is 0.500. The summed E-state index contributed by atoms with van der Waals surface area (Å²) in [6.07, 6.45) is 1.03. The highest BCUT2D eigenvalue weighted by Gasteiger charge is 2.26. The molecule has 17 heavy (non-hydrogen) atoms. The Bertz CT molecular complexity index is 414. The van der Waals surface area contributed by atoms with Crippen molar-refractivity contribution in [3.05, 3.63) is 29.8 Å². The Labute approximate surface area is 103 Å². The standard InChI is InChI=1S/C14H20N2O/c1-10(2)15-14(17)16-9-8-11(3)12-6-4-5-7-13(12)16/h4-7,10-11H,8-9H2,1-3H3,(H,15,17). The maximum atomic E-state index is 12.1. The Morgan fingerprint density at radius 3 is 2.82 bits per heavy atom. The van der Waals surface area contributed by atoms with E-state index in [2.05, 4.69) is 18.3 Å². The summed E-state index contributed by atoms with van der Waals surface area (Å²) in [6, 6.07) is 8.37. The first-order chi connectivity index (χ1) is 8.09. The van der Waals surface area contributed by atoms with Crippen molar-refractivity contribution in [2.45, 2.75) is 39.2 Å². The number of hydrogen-bond donors (Lipinski definition) is 1. The number of amides is 2. The van der Waals surface area contributed by atoms with Crippen LogP contribution in [0.5, 0.6) is 0 Å². The molecule has 2 rings (SSSR count). The quantitative estimate of drug-likeness (QED) is 0.792. The molecule has 1 atom stereocenters. The number of nitrogens with zero attached hydrogens (tertiary/aromatic N) is 1. The number of para-hydroxylation sites is 1. The van der Waals surface area contributed by atoms with Gasteiger partial charge in [-0.3, -0.25) is 4.90 Å². The SMILES string of the molecule is CC(C)NC(=O)N1CCC(C)c2ccccc21. The lowest BCUT2D eigenvalue weighted by atomic mass is 9.92. The number of urea groups is 1. The molecule has 1 aromatic rings. The Morgan fingerprint density at radius 2 is 2.12 bits per heavy atom. The summed E-state index contributed by atoms with van der Waals surface area (Å²) in [5, 5.41) is 2.96. The number of anilines is 1. The molecule has 0 spiro atoms. The third kappa shape index (κ3) is 2.43. The highest BCUT2D eigenvalue weighted by Crippen LogP contribution is 2.34. The summed E-state index contributed by atoms with van der Waals surface area (Å²) in [6.45, 7) is 6.99. The summed E-state index contributed by atoms with van der Waals surface area (Å²) in [5.41, 5.74) is 2.34. The summed E-state index contributed by atoms with van der Waals surface area (Å²) in [5.74, 6) is 0.536. The lowest BCUT2D eigenvalue weighted by Gasteiger charge is -2.33. The van der Waals surface area contributed by atoms with Gasteiger partial charge in [-0.25, -0.2) is 4.79 Å². The number of benzene rings is 1. The van der Waals surface area contributed by atoms with Gasteiger partial charge in [0.05, 0.1) is 0 Å². The van der Waals surface area contributed by atoms with Gasteiger partial charge in [0.1, 0.15) is 0 Å². The normalized spacial score (nSPS) is 19.1. The molecular weight excluding hydrogens is 212 g/mol. The molecule has 3 heteroatoms. The predicted molar refractivity (Wildman–Crippen MR) is 70.5 cm³/mol. The van der Waals surface area contributed by atoms with Crippen molar-refractivity contribution < 1.29 is 4.79 Å². The van der Waals surface area contributed by atoms with Crippen LogP contribution in [0.15, 0.2) is 24.3 Å². The molecule has 1 aliphatic heterocycles. The minimum Gasteiger partial charge on any atom is -0.336 e. The first-order valence-electron chi connectivity index (χ1n) is 6.26. The van der Waals surface area contributed by atoms with Crippen LogP contribution in [0.25, 0.3) is 0 Å². The second-order valence-electron chi connectivity index (χ2n) is 5.00. The third-order valence-electron chi connectivity index (χ3n) is 3.20. The zero-order chi connectivity index (χ0) is 12.4. The molecule has 0 aliphatic carbocycles. The zero-order valence-electron chi connectivity index (χ0n) is 10.7. The average Bonchev–Trinajstić information content (AvgIpc) is 2.29. The van der Waals surface area contributed by atoms with Crippen LogP contribution in [0.4, 0.5) is 10.5 Å². The molecule has 0 saturated carbocycles. The molecule has 92 valence electrons. The molecule has 1 aliphatic rings. The summed E-state index contributed by atoms with van der Waals surface area (Å²) in [7, 11) is 0. The van der Waals surface area contributed by atoms with Crippen LogP contribution in [0.3, 0.4) is 0 Å². The highest BCUT2D eigenvalue weighted by molar-refractivity contribution is 5.93. The van der Waals surface area contributed by atoms with Crippen LogP contribution in [0.2, 0.25) is 0 Å². The molecule has 2 amide bonds. The smallest absolute Gasteiger partial charge is 0.322 e. The van der Waals surface area contributed by atoms with Gasteiger partial charge in [0.15, 0.2) is 0 Å². The highest BCUT2D eigenvalue weighted by atomic mass is 16.2. The van der Waals surface area contributed by atoms with Crippen LogP contribution < -0.4 is 10.2 Å². The Hall–Kier alpha value is -1.51. The predicted octanol–water partition coefficient (Wildman–Crippen LogP) is 3.12. The average molecular weight is 232 g/mol. The van der Waals surface area contributed by atoms with Gasteiger partial charge in [-0.2, -0.15) is 0 Å². The molecule has 0 aromatic heterocycles. The van der Waals surface area contributed by atoms with E-state index in [-0.39, 0.29) is 12.1 Å². The minimum absolute atomic E-state index is 0.0133. The van der Waals surface area contributed by atoms with Crippen molar-refractivity contribution in [1.82, 2.24) is 5.32 Å². The van der Waals surface area contributed by atoms with Crippen molar-refractivity contribution >= 4 is 11.7 Å². The molecule has 0 radical (unpaired) electrons. The topological polar surface area (TPSA) is 32.3 Å². The van der Waals surface area contributed by atoms with Crippen LogP contribution in [-0.2, 0) is 0 Å². The van der Waals surface area contributed by atoms with Gasteiger partial charge in [0.2, 0.25) is 0 Å². The number of carbonyl (C=O) groups excluding carboxylic acids is 1. The number of carbonyl (C=O) groups is 1. The van der Waals surface area contributed by atoms with Gasteiger partial charge in [-0.05, 0) is 37.8 Å². The Kier molecular flexibility index (Phi) is 3.36. The van der Waals surface area contributed by atoms with E-state index in [0.29, 0.717) is 5.92 Å². The van der Waals surface area contributed by atoms with Gasteiger partial charge in [-0.15, -0.1) is 0 Å². The monoisotopic (exact) mass is 232 g/mol. The van der Waals surface area contributed by atoms with E-state index in [4.69, 9.17) is 0 Å². The second kappa shape index (κ2) is 4.78. The largest absolute Gasteiger partial charge is 0.336 e. The molecule has 1 aromatic carbocycles. The molecule has 1 heterocycles. The zero-order valence-corrected chi connectivity index (χ0v) is 10.7. The number of hydrogen-bond acceptors (Lipinski definition) is 1. The van der Waals surface area contributed by atoms with Gasteiger partial charge in [0.25, 0.3) is 0 Å². The van der Waals surface area contributed by atoms with E-state index in [1.807, 2.05) is 36.9 Å². The van der Waals surface area contributed by atoms with Gasteiger partial charge in [0, 0.05) is 18.3 Å². The van der Waals surface area contributed by atoms with Gasteiger partial charge in [-0.1, -0.05) is 25.1 Å². The number of nitrogens with one attached hydrogen (secondary N) is 1. The number of fused-ring (bicyclic) bond motifs is 1. The lowest BCUT2D eigenvalue weighted by Crippen LogP contribution is -2.45. The third-order valence-corrected chi connectivity index (χ3v) is 3.20. The first kappa shape index (κ1) is 12.0. The van der Waals surface area contributed by atoms with Crippen LogP contribution in [0.1, 0.15) is 38.7 Å². The van der Waals surface area contributed by atoms with Crippen LogP contribution in [-0.4, -0.2) is 18.6 Å². The van der Waals surface area contributed by atoms with Crippen LogP contribution >= 0.6 is 0 Å². The fourth-order valence-corrected chi connectivity index (χ4v) is 2.28. The maximum Gasteiger partial charge on any atom is 0.322 e. The lowest BCUT2D eigenvalue weighted by molar-refractivity contribution is 0.243. The molecule has 0 bridgehead atoms. The molecule has 0 saturated heterocycles. The van der Waals surface area contributed by atoms with E-state index >= 15 is 0 Å².